The van der Waals surface area contributed by atoms with E-state index in [-0.39, 0.29) is 5.91 Å². The highest BCUT2D eigenvalue weighted by molar-refractivity contribution is 5.77. The fourth-order valence-corrected chi connectivity index (χ4v) is 1.95. The molecule has 0 radical (unpaired) electrons. The lowest BCUT2D eigenvalue weighted by Gasteiger charge is -2.20. The van der Waals surface area contributed by atoms with Gasteiger partial charge in [0.25, 0.3) is 0 Å². The van der Waals surface area contributed by atoms with E-state index in [1.807, 2.05) is 24.3 Å². The van der Waals surface area contributed by atoms with Gasteiger partial charge in [0.15, 0.2) is 0 Å². The van der Waals surface area contributed by atoms with E-state index in [0.717, 1.165) is 31.7 Å². The number of hydrogen-bond donors (Lipinski definition) is 2. The molecule has 0 atom stereocenters. The number of likely N-dealkylation sites (N-methyl/N-ethyl adjacent to an activating group) is 1. The van der Waals surface area contributed by atoms with E-state index < -0.39 is 0 Å². The largest absolute Gasteiger partial charge is 0.491 e. The summed E-state index contributed by atoms with van der Waals surface area (Å²) < 4.78 is 5.64. The SMILES string of the molecule is CCCN(CCCOc1ccccc1N)CC(=O)NC. The van der Waals surface area contributed by atoms with E-state index in [9.17, 15) is 4.79 Å². The number of ether oxygens (including phenoxy) is 1. The van der Waals surface area contributed by atoms with Crippen molar-refractivity contribution < 1.29 is 9.53 Å². The van der Waals surface area contributed by atoms with Crippen LogP contribution >= 0.6 is 0 Å². The summed E-state index contributed by atoms with van der Waals surface area (Å²) in [6.45, 7) is 4.91. The Morgan fingerprint density at radius 3 is 2.75 bits per heavy atom. The molecule has 0 aromatic heterocycles. The Kier molecular flexibility index (Phi) is 7.50. The van der Waals surface area contributed by atoms with Crippen LogP contribution in [0.15, 0.2) is 24.3 Å². The first-order chi connectivity index (χ1) is 9.67. The van der Waals surface area contributed by atoms with Crippen LogP contribution in [-0.2, 0) is 4.79 Å². The van der Waals surface area contributed by atoms with Crippen LogP contribution in [0.2, 0.25) is 0 Å². The number of hydrogen-bond acceptors (Lipinski definition) is 4. The second-order valence-electron chi connectivity index (χ2n) is 4.69. The first-order valence-electron chi connectivity index (χ1n) is 7.07. The number of nitrogens with two attached hydrogens (primary N) is 1. The molecule has 3 N–H and O–H groups in total. The zero-order valence-electron chi connectivity index (χ0n) is 12.4. The Hall–Kier alpha value is -1.75. The molecule has 0 aliphatic carbocycles. The summed E-state index contributed by atoms with van der Waals surface area (Å²) in [6.07, 6.45) is 1.90. The smallest absolute Gasteiger partial charge is 0.233 e. The van der Waals surface area contributed by atoms with Crippen molar-refractivity contribution in [3.8, 4) is 5.75 Å². The lowest BCUT2D eigenvalue weighted by molar-refractivity contribution is -0.121. The lowest BCUT2D eigenvalue weighted by Crippen LogP contribution is -2.37. The molecule has 112 valence electrons. The van der Waals surface area contributed by atoms with Gasteiger partial charge in [-0.05, 0) is 31.5 Å². The Bertz CT molecular complexity index is 410. The minimum Gasteiger partial charge on any atom is -0.491 e. The van der Waals surface area contributed by atoms with Crippen LogP contribution in [0.1, 0.15) is 19.8 Å². The zero-order chi connectivity index (χ0) is 14.8. The van der Waals surface area contributed by atoms with Gasteiger partial charge in [-0.1, -0.05) is 19.1 Å². The molecule has 5 nitrogen and oxygen atoms in total. The first-order valence-corrected chi connectivity index (χ1v) is 7.07. The van der Waals surface area contributed by atoms with Crippen LogP contribution in [-0.4, -0.2) is 44.1 Å². The normalized spacial score (nSPS) is 10.6. The molecule has 1 aromatic rings. The summed E-state index contributed by atoms with van der Waals surface area (Å²) in [4.78, 5) is 13.5. The molecule has 0 aliphatic rings. The molecule has 0 fully saturated rings. The molecule has 0 bridgehead atoms. The minimum atomic E-state index is 0.0478. The Morgan fingerprint density at radius 2 is 2.10 bits per heavy atom. The van der Waals surface area contributed by atoms with E-state index in [2.05, 4.69) is 17.1 Å². The monoisotopic (exact) mass is 279 g/mol. The minimum absolute atomic E-state index is 0.0478. The van der Waals surface area contributed by atoms with Gasteiger partial charge in [0, 0.05) is 13.6 Å². The van der Waals surface area contributed by atoms with E-state index >= 15 is 0 Å². The summed E-state index contributed by atoms with van der Waals surface area (Å²) in [7, 11) is 1.66. The van der Waals surface area contributed by atoms with Gasteiger partial charge in [0.05, 0.1) is 18.8 Å². The van der Waals surface area contributed by atoms with Crippen molar-refractivity contribution >= 4 is 11.6 Å². The molecule has 0 aliphatic heterocycles. The summed E-state index contributed by atoms with van der Waals surface area (Å²) in [5.74, 6) is 0.771. The highest BCUT2D eigenvalue weighted by Crippen LogP contribution is 2.19. The van der Waals surface area contributed by atoms with Gasteiger partial charge in [-0.3, -0.25) is 9.69 Å². The van der Waals surface area contributed by atoms with Gasteiger partial charge in [-0.25, -0.2) is 0 Å². The quantitative estimate of drug-likeness (QED) is 0.531. The first kappa shape index (κ1) is 16.3. The molecule has 0 saturated carbocycles. The maximum absolute atomic E-state index is 11.4. The van der Waals surface area contributed by atoms with Crippen LogP contribution in [0.3, 0.4) is 0 Å². The second-order valence-corrected chi connectivity index (χ2v) is 4.69. The van der Waals surface area contributed by atoms with E-state index in [1.54, 1.807) is 7.05 Å². The number of nitrogens with zero attached hydrogens (tertiary/aromatic N) is 1. The van der Waals surface area contributed by atoms with Gasteiger partial charge in [-0.15, -0.1) is 0 Å². The molecular weight excluding hydrogens is 254 g/mol. The van der Waals surface area contributed by atoms with E-state index in [4.69, 9.17) is 10.5 Å². The third-order valence-electron chi connectivity index (χ3n) is 2.98. The standard InChI is InChI=1S/C15H25N3O2/c1-3-9-18(12-15(19)17-2)10-6-11-20-14-8-5-4-7-13(14)16/h4-5,7-8H,3,6,9-12,16H2,1-2H3,(H,17,19). The Morgan fingerprint density at radius 1 is 1.35 bits per heavy atom. The fourth-order valence-electron chi connectivity index (χ4n) is 1.95. The number of nitrogen functional groups attached to an aromatic ring is 1. The maximum Gasteiger partial charge on any atom is 0.233 e. The number of nitrogens with one attached hydrogen (secondary N) is 1. The van der Waals surface area contributed by atoms with Gasteiger partial charge < -0.3 is 15.8 Å². The topological polar surface area (TPSA) is 67.6 Å². The zero-order valence-corrected chi connectivity index (χ0v) is 12.4. The van der Waals surface area contributed by atoms with Crippen LogP contribution in [0.4, 0.5) is 5.69 Å². The predicted molar refractivity (Wildman–Crippen MR) is 81.8 cm³/mol. The van der Waals surface area contributed by atoms with Crippen molar-refractivity contribution in [1.29, 1.82) is 0 Å². The van der Waals surface area contributed by atoms with Crippen molar-refractivity contribution in [1.82, 2.24) is 10.2 Å². The molecule has 0 heterocycles. The molecule has 5 heteroatoms. The van der Waals surface area contributed by atoms with Crippen molar-refractivity contribution in [2.75, 3.05) is 39.0 Å². The predicted octanol–water partition coefficient (Wildman–Crippen LogP) is 1.50. The molecule has 20 heavy (non-hydrogen) atoms. The second kappa shape index (κ2) is 9.20. The van der Waals surface area contributed by atoms with Crippen molar-refractivity contribution in [3.63, 3.8) is 0 Å². The van der Waals surface area contributed by atoms with Crippen LogP contribution in [0, 0.1) is 0 Å². The number of para-hydroxylation sites is 2. The van der Waals surface area contributed by atoms with Gasteiger partial charge in [0.1, 0.15) is 5.75 Å². The average Bonchev–Trinajstić information content (AvgIpc) is 2.45. The number of benzene rings is 1. The lowest BCUT2D eigenvalue weighted by atomic mass is 10.3. The summed E-state index contributed by atoms with van der Waals surface area (Å²) in [6, 6.07) is 7.48. The third-order valence-corrected chi connectivity index (χ3v) is 2.98. The van der Waals surface area contributed by atoms with Crippen LogP contribution in [0.5, 0.6) is 5.75 Å². The Balaban J connectivity index is 2.30. The highest BCUT2D eigenvalue weighted by Gasteiger charge is 2.08. The molecule has 0 saturated heterocycles. The average molecular weight is 279 g/mol. The number of carbonyl (C=O) groups is 1. The number of carbonyl (C=O) groups excluding carboxylic acids is 1. The summed E-state index contributed by atoms with van der Waals surface area (Å²) in [5.41, 5.74) is 6.46. The summed E-state index contributed by atoms with van der Waals surface area (Å²) in [5, 5.41) is 2.65. The van der Waals surface area contributed by atoms with Crippen molar-refractivity contribution in [2.45, 2.75) is 19.8 Å². The molecule has 0 unspecified atom stereocenters. The van der Waals surface area contributed by atoms with E-state index in [1.165, 1.54) is 0 Å². The highest BCUT2D eigenvalue weighted by atomic mass is 16.5. The summed E-state index contributed by atoms with van der Waals surface area (Å²) >= 11 is 0. The number of anilines is 1. The van der Waals surface area contributed by atoms with E-state index in [0.29, 0.717) is 18.8 Å². The molecule has 0 spiro atoms. The van der Waals surface area contributed by atoms with Gasteiger partial charge in [-0.2, -0.15) is 0 Å². The number of rotatable bonds is 9. The molecule has 1 amide bonds. The van der Waals surface area contributed by atoms with Crippen LogP contribution < -0.4 is 15.8 Å². The van der Waals surface area contributed by atoms with Gasteiger partial charge >= 0.3 is 0 Å². The molecule has 1 aromatic carbocycles. The maximum atomic E-state index is 11.4. The fraction of sp³-hybridized carbons (Fsp3) is 0.533. The van der Waals surface area contributed by atoms with Crippen molar-refractivity contribution in [2.24, 2.45) is 0 Å². The molecular formula is C15H25N3O2. The van der Waals surface area contributed by atoms with Crippen molar-refractivity contribution in [3.05, 3.63) is 24.3 Å². The third kappa shape index (κ3) is 5.93. The molecule has 1 rings (SSSR count). The van der Waals surface area contributed by atoms with Gasteiger partial charge in [0.2, 0.25) is 5.91 Å². The number of amides is 1. The Labute approximate surface area is 121 Å². The van der Waals surface area contributed by atoms with Crippen LogP contribution in [0.25, 0.3) is 0 Å².